The molecule has 1 fully saturated rings. The van der Waals surface area contributed by atoms with Crippen LogP contribution in [0, 0.1) is 0 Å². The number of nitrogens with one attached hydrogen (secondary N) is 2. The van der Waals surface area contributed by atoms with Crippen molar-refractivity contribution < 1.29 is 14.4 Å². The van der Waals surface area contributed by atoms with Crippen molar-refractivity contribution >= 4 is 46.3 Å². The zero-order valence-electron chi connectivity index (χ0n) is 18.6. The lowest BCUT2D eigenvalue weighted by Gasteiger charge is -2.32. The maximum Gasteiger partial charge on any atom is 0.261 e. The average molecular weight is 496 g/mol. The monoisotopic (exact) mass is 495 g/mol. The van der Waals surface area contributed by atoms with Crippen LogP contribution in [0.25, 0.3) is 0 Å². The second-order valence-corrected chi connectivity index (χ2v) is 9.59. The Hall–Kier alpha value is -3.16. The Bertz CT molecular complexity index is 1110. The largest absolute Gasteiger partial charge is 0.351 e. The summed E-state index contributed by atoms with van der Waals surface area (Å²) in [7, 11) is 0. The van der Waals surface area contributed by atoms with Crippen molar-refractivity contribution in [3.63, 3.8) is 0 Å². The fourth-order valence-electron chi connectivity index (χ4n) is 4.17. The Balaban J connectivity index is 1.65. The lowest BCUT2D eigenvalue weighted by atomic mass is 10.0. The predicted molar refractivity (Wildman–Crippen MR) is 135 cm³/mol. The van der Waals surface area contributed by atoms with Gasteiger partial charge in [0.1, 0.15) is 6.04 Å². The van der Waals surface area contributed by atoms with Gasteiger partial charge in [0.15, 0.2) is 0 Å². The van der Waals surface area contributed by atoms with E-state index < -0.39 is 11.9 Å². The lowest BCUT2D eigenvalue weighted by Crippen LogP contribution is -2.49. The fraction of sp³-hybridized carbons (Fsp3) is 0.269. The van der Waals surface area contributed by atoms with E-state index in [0.29, 0.717) is 21.2 Å². The third-order valence-electron chi connectivity index (χ3n) is 5.84. The molecule has 0 unspecified atom stereocenters. The number of amides is 3. The van der Waals surface area contributed by atoms with Gasteiger partial charge in [-0.25, -0.2) is 0 Å². The molecule has 0 radical (unpaired) electrons. The minimum absolute atomic E-state index is 0.0913. The molecule has 3 aromatic rings. The number of rotatable bonds is 8. The molecule has 1 aliphatic carbocycles. The molecular weight excluding hydrogens is 470 g/mol. The Morgan fingerprint density at radius 1 is 0.971 bits per heavy atom. The molecule has 0 aliphatic heterocycles. The number of anilines is 1. The van der Waals surface area contributed by atoms with Gasteiger partial charge >= 0.3 is 0 Å². The molecule has 2 aromatic carbocycles. The van der Waals surface area contributed by atoms with Crippen LogP contribution in [0.3, 0.4) is 0 Å². The summed E-state index contributed by atoms with van der Waals surface area (Å²) < 4.78 is 0. The Labute approximate surface area is 207 Å². The number of thiophene rings is 1. The van der Waals surface area contributed by atoms with Crippen molar-refractivity contribution in [1.29, 1.82) is 0 Å². The van der Waals surface area contributed by atoms with Crippen LogP contribution in [-0.4, -0.2) is 30.3 Å². The number of nitrogens with zero attached hydrogens (tertiary/aromatic N) is 1. The van der Waals surface area contributed by atoms with E-state index in [1.807, 2.05) is 18.2 Å². The highest BCUT2D eigenvalue weighted by Crippen LogP contribution is 2.30. The number of carbonyl (C=O) groups excluding carboxylic acids is 3. The zero-order valence-corrected chi connectivity index (χ0v) is 20.1. The maximum atomic E-state index is 13.6. The minimum Gasteiger partial charge on any atom is -0.351 e. The smallest absolute Gasteiger partial charge is 0.261 e. The molecule has 2 N–H and O–H groups in total. The molecule has 0 bridgehead atoms. The van der Waals surface area contributed by atoms with Crippen molar-refractivity contribution in [2.45, 2.75) is 37.8 Å². The molecule has 3 amide bonds. The summed E-state index contributed by atoms with van der Waals surface area (Å²) in [6, 6.07) is 18.6. The van der Waals surface area contributed by atoms with Gasteiger partial charge in [-0.15, -0.1) is 11.3 Å². The molecular formula is C26H26ClN3O3S. The quantitative estimate of drug-likeness (QED) is 0.463. The number of hydrogen-bond acceptors (Lipinski definition) is 4. The van der Waals surface area contributed by atoms with E-state index in [1.54, 1.807) is 53.9 Å². The van der Waals surface area contributed by atoms with E-state index >= 15 is 0 Å². The van der Waals surface area contributed by atoms with E-state index in [2.05, 4.69) is 10.6 Å². The number of halogens is 1. The second-order valence-electron chi connectivity index (χ2n) is 8.20. The first kappa shape index (κ1) is 24.0. The summed E-state index contributed by atoms with van der Waals surface area (Å²) in [6.07, 6.45) is 4.00. The first-order chi connectivity index (χ1) is 16.5. The van der Waals surface area contributed by atoms with Gasteiger partial charge < -0.3 is 10.6 Å². The molecule has 4 rings (SSSR count). The molecule has 0 spiro atoms. The highest BCUT2D eigenvalue weighted by molar-refractivity contribution is 7.12. The van der Waals surface area contributed by atoms with Crippen molar-refractivity contribution in [3.05, 3.63) is 87.6 Å². The summed E-state index contributed by atoms with van der Waals surface area (Å²) >= 11 is 7.40. The van der Waals surface area contributed by atoms with Crippen molar-refractivity contribution in [1.82, 2.24) is 10.6 Å². The fourth-order valence-corrected chi connectivity index (χ4v) is 4.94. The lowest BCUT2D eigenvalue weighted by molar-refractivity contribution is -0.126. The predicted octanol–water partition coefficient (Wildman–Crippen LogP) is 4.96. The van der Waals surface area contributed by atoms with Crippen LogP contribution >= 0.6 is 22.9 Å². The summed E-state index contributed by atoms with van der Waals surface area (Å²) in [5, 5.41) is 8.17. The molecule has 1 heterocycles. The third kappa shape index (κ3) is 5.85. The molecule has 8 heteroatoms. The molecule has 1 atom stereocenters. The van der Waals surface area contributed by atoms with Crippen LogP contribution < -0.4 is 15.5 Å². The first-order valence-corrected chi connectivity index (χ1v) is 12.5. The summed E-state index contributed by atoms with van der Waals surface area (Å²) in [4.78, 5) is 41.6. The van der Waals surface area contributed by atoms with Crippen LogP contribution in [-0.2, 0) is 9.59 Å². The second kappa shape index (κ2) is 11.3. The zero-order chi connectivity index (χ0) is 23.9. The van der Waals surface area contributed by atoms with Crippen LogP contribution in [0.5, 0.6) is 0 Å². The minimum atomic E-state index is -0.911. The van der Waals surface area contributed by atoms with E-state index in [9.17, 15) is 14.4 Å². The highest BCUT2D eigenvalue weighted by atomic mass is 35.5. The maximum absolute atomic E-state index is 13.6. The number of hydrogen-bond donors (Lipinski definition) is 2. The van der Waals surface area contributed by atoms with Gasteiger partial charge in [-0.05, 0) is 54.1 Å². The van der Waals surface area contributed by atoms with Crippen LogP contribution in [0.15, 0.2) is 72.1 Å². The topological polar surface area (TPSA) is 78.5 Å². The molecule has 1 aromatic heterocycles. The van der Waals surface area contributed by atoms with Crippen molar-refractivity contribution in [2.75, 3.05) is 11.4 Å². The SMILES string of the molecule is O=C(NCC(=O)N(c1ccccc1)[C@@H](C(=O)NC1CCCC1)c1ccc(Cl)cc1)c1cccs1. The normalized spacial score (nSPS) is 14.4. The van der Waals surface area contributed by atoms with Gasteiger partial charge in [0.25, 0.3) is 5.91 Å². The Morgan fingerprint density at radius 3 is 2.32 bits per heavy atom. The first-order valence-electron chi connectivity index (χ1n) is 11.3. The molecule has 1 aliphatic rings. The van der Waals surface area contributed by atoms with Crippen molar-refractivity contribution in [3.8, 4) is 0 Å². The van der Waals surface area contributed by atoms with Gasteiger partial charge in [0, 0.05) is 16.8 Å². The van der Waals surface area contributed by atoms with Gasteiger partial charge in [-0.2, -0.15) is 0 Å². The Morgan fingerprint density at radius 2 is 1.68 bits per heavy atom. The molecule has 176 valence electrons. The van der Waals surface area contributed by atoms with Gasteiger partial charge in [-0.1, -0.05) is 60.8 Å². The van der Waals surface area contributed by atoms with Gasteiger partial charge in [0.05, 0.1) is 11.4 Å². The Kier molecular flexibility index (Phi) is 7.98. The van der Waals surface area contributed by atoms with Crippen LogP contribution in [0.2, 0.25) is 5.02 Å². The number of carbonyl (C=O) groups is 3. The molecule has 34 heavy (non-hydrogen) atoms. The standard InChI is InChI=1S/C26H26ClN3O3S/c27-19-14-12-18(13-15-19)24(26(33)29-20-7-4-5-8-20)30(21-9-2-1-3-10-21)23(31)17-28-25(32)22-11-6-16-34-22/h1-3,6,9-16,20,24H,4-5,7-8,17H2,(H,28,32)(H,29,33)/t24-/m1/s1. The number of benzene rings is 2. The van der Waals surface area contributed by atoms with Gasteiger partial charge in [-0.3, -0.25) is 19.3 Å². The number of para-hydroxylation sites is 1. The van der Waals surface area contributed by atoms with E-state index in [1.165, 1.54) is 16.2 Å². The van der Waals surface area contributed by atoms with E-state index in [4.69, 9.17) is 11.6 Å². The summed E-state index contributed by atoms with van der Waals surface area (Å²) in [6.45, 7) is -0.244. The van der Waals surface area contributed by atoms with Crippen LogP contribution in [0.4, 0.5) is 5.69 Å². The van der Waals surface area contributed by atoms with E-state index in [-0.39, 0.29) is 24.4 Å². The molecule has 1 saturated carbocycles. The molecule has 0 saturated heterocycles. The molecule has 6 nitrogen and oxygen atoms in total. The summed E-state index contributed by atoms with van der Waals surface area (Å²) in [5.74, 6) is -0.969. The van der Waals surface area contributed by atoms with Crippen LogP contribution in [0.1, 0.15) is 47.0 Å². The third-order valence-corrected chi connectivity index (χ3v) is 6.96. The average Bonchev–Trinajstić information content (AvgIpc) is 3.57. The summed E-state index contributed by atoms with van der Waals surface area (Å²) in [5.41, 5.74) is 1.21. The van der Waals surface area contributed by atoms with Crippen molar-refractivity contribution in [2.24, 2.45) is 0 Å². The highest BCUT2D eigenvalue weighted by Gasteiger charge is 2.34. The van der Waals surface area contributed by atoms with Gasteiger partial charge in [0.2, 0.25) is 11.8 Å². The van der Waals surface area contributed by atoms with E-state index in [0.717, 1.165) is 25.7 Å².